The minimum absolute atomic E-state index is 0.111. The van der Waals surface area contributed by atoms with Gasteiger partial charge in [-0.25, -0.2) is 4.68 Å². The second kappa shape index (κ2) is 7.66. The number of fused-ring (bicyclic) bond motifs is 2. The van der Waals surface area contributed by atoms with Crippen molar-refractivity contribution in [2.24, 2.45) is 7.05 Å². The zero-order chi connectivity index (χ0) is 20.7. The van der Waals surface area contributed by atoms with E-state index in [9.17, 15) is 9.59 Å². The summed E-state index contributed by atoms with van der Waals surface area (Å²) < 4.78 is 3.57. The third kappa shape index (κ3) is 3.20. The molecule has 8 nitrogen and oxygen atoms in total. The maximum atomic E-state index is 13.3. The lowest BCUT2D eigenvalue weighted by molar-refractivity contribution is 0.0704. The largest absolute Gasteiger partial charge is 0.337 e. The van der Waals surface area contributed by atoms with Gasteiger partial charge in [0, 0.05) is 44.4 Å². The van der Waals surface area contributed by atoms with Crippen LogP contribution in [-0.2, 0) is 20.0 Å². The summed E-state index contributed by atoms with van der Waals surface area (Å²) in [5.41, 5.74) is 0.163. The van der Waals surface area contributed by atoms with Crippen molar-refractivity contribution in [3.8, 4) is 0 Å². The minimum Gasteiger partial charge on any atom is -0.337 e. The van der Waals surface area contributed by atoms with Crippen molar-refractivity contribution in [2.45, 2.75) is 51.0 Å². The van der Waals surface area contributed by atoms with Gasteiger partial charge in [0.05, 0.1) is 5.39 Å². The van der Waals surface area contributed by atoms with E-state index in [0.717, 1.165) is 37.5 Å². The van der Waals surface area contributed by atoms with Gasteiger partial charge in [0.1, 0.15) is 11.6 Å². The molecule has 3 aromatic rings. The summed E-state index contributed by atoms with van der Waals surface area (Å²) in [4.78, 5) is 27.5. The van der Waals surface area contributed by atoms with Crippen LogP contribution in [-0.4, -0.2) is 48.4 Å². The predicted molar refractivity (Wildman–Crippen MR) is 112 cm³/mol. The Kier molecular flexibility index (Phi) is 4.84. The fourth-order valence-electron chi connectivity index (χ4n) is 4.76. The van der Waals surface area contributed by atoms with Crippen molar-refractivity contribution in [3.63, 3.8) is 0 Å². The van der Waals surface area contributed by atoms with Gasteiger partial charge in [-0.3, -0.25) is 9.59 Å². The molecule has 1 fully saturated rings. The maximum absolute atomic E-state index is 13.3. The van der Waals surface area contributed by atoms with Crippen molar-refractivity contribution < 1.29 is 4.79 Å². The highest BCUT2D eigenvalue weighted by molar-refractivity contribution is 6.04. The van der Waals surface area contributed by atoms with Crippen molar-refractivity contribution >= 4 is 16.7 Å². The van der Waals surface area contributed by atoms with E-state index in [0.29, 0.717) is 35.5 Å². The average molecular weight is 406 g/mol. The van der Waals surface area contributed by atoms with Crippen molar-refractivity contribution in [3.05, 3.63) is 52.0 Å². The van der Waals surface area contributed by atoms with E-state index in [1.807, 2.05) is 17.0 Å². The molecule has 0 aliphatic carbocycles. The molecule has 4 heterocycles. The lowest BCUT2D eigenvalue weighted by Crippen LogP contribution is -2.39. The highest BCUT2D eigenvalue weighted by atomic mass is 16.2. The number of nitrogens with zero attached hydrogens (tertiary/aromatic N) is 6. The molecule has 0 unspecified atom stereocenters. The van der Waals surface area contributed by atoms with Gasteiger partial charge in [-0.15, -0.1) is 10.2 Å². The number of hydrogen-bond acceptors (Lipinski definition) is 5. The zero-order valence-corrected chi connectivity index (χ0v) is 17.3. The van der Waals surface area contributed by atoms with E-state index in [1.165, 1.54) is 23.9 Å². The standard InChI is InChI=1S/C22H26N6O2/c1-26-21(29)17-8-5-4-7-16(17)19(25-26)22(30)27-13-10-15(11-14-27)20-24-23-18-9-3-2-6-12-28(18)20/h4-5,7-8,15H,2-3,6,9-14H2,1H3. The average Bonchev–Trinajstić information content (AvgIpc) is 3.04. The molecule has 30 heavy (non-hydrogen) atoms. The van der Waals surface area contributed by atoms with Crippen molar-refractivity contribution in [2.75, 3.05) is 13.1 Å². The monoisotopic (exact) mass is 406 g/mol. The third-order valence-electron chi connectivity index (χ3n) is 6.44. The first kappa shape index (κ1) is 19.0. The molecule has 1 saturated heterocycles. The van der Waals surface area contributed by atoms with Gasteiger partial charge in [-0.05, 0) is 31.7 Å². The van der Waals surface area contributed by atoms with Gasteiger partial charge in [-0.2, -0.15) is 5.10 Å². The van der Waals surface area contributed by atoms with Crippen LogP contribution in [0.2, 0.25) is 0 Å². The predicted octanol–water partition coefficient (Wildman–Crippen LogP) is 2.27. The van der Waals surface area contributed by atoms with E-state index in [1.54, 1.807) is 19.2 Å². The van der Waals surface area contributed by atoms with E-state index < -0.39 is 0 Å². The Morgan fingerprint density at radius 3 is 2.57 bits per heavy atom. The van der Waals surface area contributed by atoms with Crippen LogP contribution >= 0.6 is 0 Å². The number of carbonyl (C=O) groups is 1. The third-order valence-corrected chi connectivity index (χ3v) is 6.44. The number of aromatic nitrogens is 5. The van der Waals surface area contributed by atoms with Gasteiger partial charge >= 0.3 is 0 Å². The first-order valence-corrected chi connectivity index (χ1v) is 10.8. The van der Waals surface area contributed by atoms with Crippen molar-refractivity contribution in [1.29, 1.82) is 0 Å². The Bertz CT molecular complexity index is 1160. The summed E-state index contributed by atoms with van der Waals surface area (Å²) in [6.45, 7) is 2.32. The van der Waals surface area contributed by atoms with Gasteiger partial charge in [0.15, 0.2) is 5.69 Å². The highest BCUT2D eigenvalue weighted by Gasteiger charge is 2.30. The Balaban J connectivity index is 1.36. The van der Waals surface area contributed by atoms with Crippen LogP contribution in [0, 0.1) is 0 Å². The normalized spacial score (nSPS) is 17.7. The summed E-state index contributed by atoms with van der Waals surface area (Å²) in [5.74, 6) is 2.42. The van der Waals surface area contributed by atoms with E-state index in [-0.39, 0.29) is 11.5 Å². The second-order valence-corrected chi connectivity index (χ2v) is 8.33. The zero-order valence-electron chi connectivity index (χ0n) is 17.3. The number of benzene rings is 1. The van der Waals surface area contributed by atoms with Crippen LogP contribution < -0.4 is 5.56 Å². The molecule has 156 valence electrons. The molecular formula is C22H26N6O2. The van der Waals surface area contributed by atoms with Crippen LogP contribution in [0.1, 0.15) is 60.2 Å². The summed E-state index contributed by atoms with van der Waals surface area (Å²) in [5, 5.41) is 14.4. The Morgan fingerprint density at radius 1 is 1.00 bits per heavy atom. The first-order valence-electron chi connectivity index (χ1n) is 10.8. The number of piperidine rings is 1. The summed E-state index contributed by atoms with van der Waals surface area (Å²) in [6.07, 6.45) is 6.36. The SMILES string of the molecule is Cn1nc(C(=O)N2CCC(c3nnc4n3CCCCC4)CC2)c2ccccc2c1=O. The van der Waals surface area contributed by atoms with Crippen LogP contribution in [0.15, 0.2) is 29.1 Å². The fourth-order valence-corrected chi connectivity index (χ4v) is 4.76. The van der Waals surface area contributed by atoms with Gasteiger partial charge < -0.3 is 9.47 Å². The molecule has 8 heteroatoms. The van der Waals surface area contributed by atoms with E-state index >= 15 is 0 Å². The molecule has 5 rings (SSSR count). The van der Waals surface area contributed by atoms with Gasteiger partial charge in [0.2, 0.25) is 0 Å². The number of amides is 1. The van der Waals surface area contributed by atoms with Gasteiger partial charge in [0.25, 0.3) is 11.5 Å². The second-order valence-electron chi connectivity index (χ2n) is 8.33. The van der Waals surface area contributed by atoms with Crippen LogP contribution in [0.5, 0.6) is 0 Å². The summed E-state index contributed by atoms with van der Waals surface area (Å²) in [6, 6.07) is 7.20. The molecule has 1 aromatic carbocycles. The lowest BCUT2D eigenvalue weighted by Gasteiger charge is -2.31. The van der Waals surface area contributed by atoms with E-state index in [2.05, 4.69) is 19.9 Å². The molecule has 0 N–H and O–H groups in total. The Morgan fingerprint density at radius 2 is 1.77 bits per heavy atom. The quantitative estimate of drug-likeness (QED) is 0.652. The molecule has 2 aromatic heterocycles. The topological polar surface area (TPSA) is 85.9 Å². The Hall–Kier alpha value is -3.03. The van der Waals surface area contributed by atoms with Crippen LogP contribution in [0.25, 0.3) is 10.8 Å². The molecule has 2 aliphatic heterocycles. The maximum Gasteiger partial charge on any atom is 0.274 e. The molecule has 2 aliphatic rings. The molecule has 1 amide bonds. The number of hydrogen-bond donors (Lipinski definition) is 0. The minimum atomic E-state index is -0.187. The fraction of sp³-hybridized carbons (Fsp3) is 0.500. The molecule has 0 radical (unpaired) electrons. The highest BCUT2D eigenvalue weighted by Crippen LogP contribution is 2.29. The number of rotatable bonds is 2. The van der Waals surface area contributed by atoms with Crippen LogP contribution in [0.3, 0.4) is 0 Å². The Labute approximate surface area is 174 Å². The number of aryl methyl sites for hydroxylation is 2. The van der Waals surface area contributed by atoms with Crippen molar-refractivity contribution in [1.82, 2.24) is 29.4 Å². The molecule has 0 spiro atoms. The summed E-state index contributed by atoms with van der Waals surface area (Å²) >= 11 is 0. The van der Waals surface area contributed by atoms with E-state index in [4.69, 9.17) is 0 Å². The number of likely N-dealkylation sites (tertiary alicyclic amines) is 1. The molecule has 0 bridgehead atoms. The van der Waals surface area contributed by atoms with Crippen LogP contribution in [0.4, 0.5) is 0 Å². The molecule has 0 saturated carbocycles. The summed E-state index contributed by atoms with van der Waals surface area (Å²) in [7, 11) is 1.59. The molecule has 0 atom stereocenters. The molecular weight excluding hydrogens is 380 g/mol. The number of carbonyl (C=O) groups excluding carboxylic acids is 1. The first-order chi connectivity index (χ1) is 14.6. The van der Waals surface area contributed by atoms with Gasteiger partial charge in [-0.1, -0.05) is 24.6 Å². The smallest absolute Gasteiger partial charge is 0.274 e. The lowest BCUT2D eigenvalue weighted by atomic mass is 9.95.